The lowest BCUT2D eigenvalue weighted by atomic mass is 10.0. The van der Waals surface area contributed by atoms with Crippen molar-refractivity contribution >= 4 is 17.9 Å². The molecule has 0 aromatic heterocycles. The maximum absolute atomic E-state index is 11.6. The molecule has 0 heterocycles. The fraction of sp³-hybridized carbons (Fsp3) is 0.308. The Morgan fingerprint density at radius 2 is 1.67 bits per heavy atom. The number of carbonyl (C=O) groups is 3. The van der Waals surface area contributed by atoms with Crippen LogP contribution in [0, 0.1) is 0 Å². The second-order valence-corrected chi connectivity index (χ2v) is 3.81. The minimum atomic E-state index is -1.74. The van der Waals surface area contributed by atoms with E-state index in [1.54, 1.807) is 0 Å². The maximum Gasteiger partial charge on any atom is 0.338 e. The highest BCUT2D eigenvalue weighted by molar-refractivity contribution is 6.02. The first-order valence-electron chi connectivity index (χ1n) is 5.90. The molecule has 0 saturated carbocycles. The summed E-state index contributed by atoms with van der Waals surface area (Å²) in [5.41, 5.74) is -1.39. The van der Waals surface area contributed by atoms with E-state index in [2.05, 4.69) is 0 Å². The second kappa shape index (κ2) is 7.98. The summed E-state index contributed by atoms with van der Waals surface area (Å²) in [5.74, 6) is -4.27. The number of ether oxygens (including phenoxy) is 2. The summed E-state index contributed by atoms with van der Waals surface area (Å²) in [4.78, 5) is 33.2. The number of carbonyl (C=O) groups excluding carboxylic acids is 3. The lowest BCUT2D eigenvalue weighted by molar-refractivity contribution is -0.259. The van der Waals surface area contributed by atoms with E-state index in [1.807, 2.05) is 0 Å². The Labute approximate surface area is 119 Å². The quantitative estimate of drug-likeness (QED) is 0.413. The van der Waals surface area contributed by atoms with Crippen molar-refractivity contribution in [1.29, 1.82) is 0 Å². The Kier molecular flexibility index (Phi) is 6.31. The van der Waals surface area contributed by atoms with Crippen LogP contribution >= 0.6 is 0 Å². The molecule has 1 N–H and O–H groups in total. The van der Waals surface area contributed by atoms with Crippen LogP contribution in [0.1, 0.15) is 31.1 Å². The third-order valence-electron chi connectivity index (χ3n) is 2.39. The van der Waals surface area contributed by atoms with Crippen LogP contribution in [-0.4, -0.2) is 49.4 Å². The largest absolute Gasteiger partial charge is 0.545 e. The molecule has 0 saturated heterocycles. The summed E-state index contributed by atoms with van der Waals surface area (Å²) < 4.78 is 9.65. The minimum Gasteiger partial charge on any atom is -0.545 e. The molecular weight excluding hydrogens is 284 g/mol. The van der Waals surface area contributed by atoms with Crippen molar-refractivity contribution < 1.29 is 39.2 Å². The van der Waals surface area contributed by atoms with Crippen molar-refractivity contribution in [3.63, 3.8) is 0 Å². The zero-order chi connectivity index (χ0) is 15.8. The smallest absolute Gasteiger partial charge is 0.338 e. The molecule has 0 aliphatic rings. The molecule has 0 unspecified atom stereocenters. The maximum atomic E-state index is 11.6. The molecular formula is C13H12O8-2. The van der Waals surface area contributed by atoms with Crippen LogP contribution in [0.25, 0.3) is 0 Å². The molecule has 0 radical (unpaired) electrons. The average molecular weight is 296 g/mol. The van der Waals surface area contributed by atoms with Gasteiger partial charge < -0.3 is 34.4 Å². The molecule has 8 nitrogen and oxygen atoms in total. The Morgan fingerprint density at radius 3 is 2.24 bits per heavy atom. The molecule has 21 heavy (non-hydrogen) atoms. The molecule has 1 aromatic carbocycles. The number of hydrogen-bond donors (Lipinski definition) is 1. The van der Waals surface area contributed by atoms with Gasteiger partial charge in [0.15, 0.2) is 0 Å². The van der Waals surface area contributed by atoms with Gasteiger partial charge in [0.25, 0.3) is 0 Å². The molecule has 0 aliphatic carbocycles. The molecule has 0 aliphatic heterocycles. The summed E-state index contributed by atoms with van der Waals surface area (Å²) in [6, 6.07) is 2.88. The fourth-order valence-electron chi connectivity index (χ4n) is 1.46. The van der Waals surface area contributed by atoms with Gasteiger partial charge in [-0.05, 0) is 12.1 Å². The highest BCUT2D eigenvalue weighted by atomic mass is 16.6. The van der Waals surface area contributed by atoms with Gasteiger partial charge >= 0.3 is 5.97 Å². The van der Waals surface area contributed by atoms with Crippen LogP contribution in [0.15, 0.2) is 18.2 Å². The van der Waals surface area contributed by atoms with Crippen LogP contribution in [0.4, 0.5) is 0 Å². The molecule has 1 rings (SSSR count). The van der Waals surface area contributed by atoms with Crippen LogP contribution in [0.5, 0.6) is 0 Å². The number of benzene rings is 1. The van der Waals surface area contributed by atoms with E-state index < -0.39 is 29.0 Å². The van der Waals surface area contributed by atoms with Gasteiger partial charge in [0.2, 0.25) is 0 Å². The van der Waals surface area contributed by atoms with E-state index >= 15 is 0 Å². The van der Waals surface area contributed by atoms with Gasteiger partial charge in [-0.1, -0.05) is 6.07 Å². The van der Waals surface area contributed by atoms with Gasteiger partial charge in [-0.3, -0.25) is 0 Å². The number of carboxylic acids is 2. The predicted molar refractivity (Wildman–Crippen MR) is 63.3 cm³/mol. The van der Waals surface area contributed by atoms with Crippen LogP contribution in [0.2, 0.25) is 0 Å². The van der Waals surface area contributed by atoms with Gasteiger partial charge in [0, 0.05) is 11.1 Å². The fourth-order valence-corrected chi connectivity index (χ4v) is 1.46. The number of hydrogen-bond acceptors (Lipinski definition) is 8. The zero-order valence-corrected chi connectivity index (χ0v) is 10.9. The van der Waals surface area contributed by atoms with Crippen molar-refractivity contribution in [2.75, 3.05) is 26.4 Å². The SMILES string of the molecule is O=C(OCCOCCO)c1ccc(C(=O)[O-])c(C(=O)[O-])c1. The summed E-state index contributed by atoms with van der Waals surface area (Å²) in [6.07, 6.45) is 0. The van der Waals surface area contributed by atoms with E-state index in [-0.39, 0.29) is 32.0 Å². The second-order valence-electron chi connectivity index (χ2n) is 3.81. The van der Waals surface area contributed by atoms with Crippen LogP contribution < -0.4 is 10.2 Å². The monoisotopic (exact) mass is 296 g/mol. The van der Waals surface area contributed by atoms with Crippen LogP contribution in [0.3, 0.4) is 0 Å². The van der Waals surface area contributed by atoms with Gasteiger partial charge in [-0.2, -0.15) is 0 Å². The lowest BCUT2D eigenvalue weighted by Gasteiger charge is -2.13. The average Bonchev–Trinajstić information content (AvgIpc) is 2.46. The van der Waals surface area contributed by atoms with Gasteiger partial charge in [-0.25, -0.2) is 4.79 Å². The molecule has 8 heteroatoms. The highest BCUT2D eigenvalue weighted by Gasteiger charge is 2.12. The van der Waals surface area contributed by atoms with E-state index in [0.29, 0.717) is 0 Å². The zero-order valence-electron chi connectivity index (χ0n) is 10.9. The number of rotatable bonds is 8. The summed E-state index contributed by atoms with van der Waals surface area (Å²) in [6.45, 7) is -0.0845. The normalized spacial score (nSPS) is 10.1. The highest BCUT2D eigenvalue weighted by Crippen LogP contribution is 2.12. The third-order valence-corrected chi connectivity index (χ3v) is 2.39. The first-order chi connectivity index (χ1) is 9.97. The van der Waals surface area contributed by atoms with E-state index in [0.717, 1.165) is 18.2 Å². The van der Waals surface area contributed by atoms with Crippen molar-refractivity contribution in [2.24, 2.45) is 0 Å². The number of carboxylic acid groups (broad SMARTS) is 2. The Balaban J connectivity index is 2.75. The number of aliphatic hydroxyl groups is 1. The summed E-state index contributed by atoms with van der Waals surface area (Å²) in [5, 5.41) is 30.0. The van der Waals surface area contributed by atoms with Crippen molar-refractivity contribution in [2.45, 2.75) is 0 Å². The van der Waals surface area contributed by atoms with Gasteiger partial charge in [0.1, 0.15) is 6.61 Å². The first kappa shape index (κ1) is 16.6. The first-order valence-corrected chi connectivity index (χ1v) is 5.90. The molecule has 1 aromatic rings. The Morgan fingerprint density at radius 1 is 1.00 bits per heavy atom. The van der Waals surface area contributed by atoms with E-state index in [1.165, 1.54) is 0 Å². The number of esters is 1. The summed E-state index contributed by atoms with van der Waals surface area (Å²) in [7, 11) is 0. The lowest BCUT2D eigenvalue weighted by Crippen LogP contribution is -2.30. The van der Waals surface area contributed by atoms with Gasteiger partial charge in [0.05, 0.1) is 37.3 Å². The summed E-state index contributed by atoms with van der Waals surface area (Å²) >= 11 is 0. The van der Waals surface area contributed by atoms with Crippen molar-refractivity contribution in [3.05, 3.63) is 34.9 Å². The minimum absolute atomic E-state index is 0.0662. The standard InChI is InChI=1S/C13H14O8/c14-3-4-20-5-6-21-13(19)8-1-2-9(11(15)16)10(7-8)12(17)18/h1-2,7,14H,3-6H2,(H,15,16)(H,17,18)/p-2. The topological polar surface area (TPSA) is 136 Å². The molecule has 0 bridgehead atoms. The molecule has 0 atom stereocenters. The molecule has 0 fully saturated rings. The van der Waals surface area contributed by atoms with Crippen molar-refractivity contribution in [1.82, 2.24) is 0 Å². The Hall–Kier alpha value is -2.45. The van der Waals surface area contributed by atoms with E-state index in [4.69, 9.17) is 14.6 Å². The van der Waals surface area contributed by atoms with Crippen LogP contribution in [-0.2, 0) is 9.47 Å². The molecule has 0 amide bonds. The van der Waals surface area contributed by atoms with Crippen molar-refractivity contribution in [3.8, 4) is 0 Å². The predicted octanol–water partition coefficient (Wildman–Crippen LogP) is -2.42. The van der Waals surface area contributed by atoms with E-state index in [9.17, 15) is 24.6 Å². The molecule has 0 spiro atoms. The van der Waals surface area contributed by atoms with Gasteiger partial charge in [-0.15, -0.1) is 0 Å². The number of aliphatic hydroxyl groups excluding tert-OH is 1. The molecule has 114 valence electrons. The number of aromatic carboxylic acids is 2. The third kappa shape index (κ3) is 4.86. The Bertz CT molecular complexity index is 537.